The molecular formula is C12H17BrN2O2. The fourth-order valence-electron chi connectivity index (χ4n) is 2.03. The summed E-state index contributed by atoms with van der Waals surface area (Å²) < 4.78 is 0.939. The molecule has 1 aromatic carbocycles. The second-order valence-electron chi connectivity index (χ2n) is 4.54. The maximum atomic E-state index is 9.54. The minimum Gasteiger partial charge on any atom is -0.389 e. The molecule has 1 fully saturated rings. The van der Waals surface area contributed by atoms with E-state index in [4.69, 9.17) is 5.73 Å². The number of β-amino-alcohol motifs (C(OH)–C–C–N with tert-alkyl or cyclic N) is 2. The highest BCUT2D eigenvalue weighted by atomic mass is 79.9. The molecule has 1 aliphatic rings. The van der Waals surface area contributed by atoms with E-state index in [-0.39, 0.29) is 6.04 Å². The maximum Gasteiger partial charge on any atom is 0.0990 e. The third-order valence-corrected chi connectivity index (χ3v) is 3.73. The summed E-state index contributed by atoms with van der Waals surface area (Å²) >= 11 is 3.50. The second kappa shape index (κ2) is 4.94. The van der Waals surface area contributed by atoms with Crippen LogP contribution in [-0.2, 0) is 0 Å². The van der Waals surface area contributed by atoms with Crippen molar-refractivity contribution in [3.8, 4) is 0 Å². The highest BCUT2D eigenvalue weighted by Crippen LogP contribution is 2.31. The van der Waals surface area contributed by atoms with E-state index in [9.17, 15) is 10.2 Å². The van der Waals surface area contributed by atoms with Crippen molar-refractivity contribution in [3.05, 3.63) is 28.2 Å². The summed E-state index contributed by atoms with van der Waals surface area (Å²) in [5.41, 5.74) is 7.85. The van der Waals surface area contributed by atoms with Gasteiger partial charge in [-0.05, 0) is 40.5 Å². The van der Waals surface area contributed by atoms with Gasteiger partial charge >= 0.3 is 0 Å². The van der Waals surface area contributed by atoms with Crippen LogP contribution in [0.2, 0.25) is 0 Å². The number of rotatable bonds is 2. The van der Waals surface area contributed by atoms with Crippen LogP contribution in [0.15, 0.2) is 22.7 Å². The van der Waals surface area contributed by atoms with Crippen molar-refractivity contribution in [2.45, 2.75) is 25.2 Å². The van der Waals surface area contributed by atoms with E-state index in [1.807, 2.05) is 30.0 Å². The lowest BCUT2D eigenvalue weighted by Crippen LogP contribution is -2.22. The molecule has 2 rings (SSSR count). The molecule has 1 aliphatic heterocycles. The lowest BCUT2D eigenvalue weighted by Gasteiger charge is -2.20. The van der Waals surface area contributed by atoms with E-state index in [1.165, 1.54) is 0 Å². The Morgan fingerprint density at radius 2 is 1.94 bits per heavy atom. The summed E-state index contributed by atoms with van der Waals surface area (Å²) in [5, 5.41) is 19.1. The largest absolute Gasteiger partial charge is 0.389 e. The van der Waals surface area contributed by atoms with Crippen molar-refractivity contribution in [2.75, 3.05) is 18.0 Å². The van der Waals surface area contributed by atoms with Crippen molar-refractivity contribution < 1.29 is 10.2 Å². The van der Waals surface area contributed by atoms with E-state index >= 15 is 0 Å². The predicted molar refractivity (Wildman–Crippen MR) is 71.0 cm³/mol. The molecule has 1 saturated heterocycles. The molecule has 0 aliphatic carbocycles. The van der Waals surface area contributed by atoms with Crippen molar-refractivity contribution >= 4 is 21.6 Å². The van der Waals surface area contributed by atoms with E-state index in [0.29, 0.717) is 13.1 Å². The van der Waals surface area contributed by atoms with Gasteiger partial charge in [0.1, 0.15) is 0 Å². The van der Waals surface area contributed by atoms with Crippen molar-refractivity contribution in [1.82, 2.24) is 0 Å². The Hall–Kier alpha value is -0.620. The number of hydrogen-bond donors (Lipinski definition) is 3. The Morgan fingerprint density at radius 3 is 2.41 bits per heavy atom. The normalized spacial score (nSPS) is 26.3. The van der Waals surface area contributed by atoms with Crippen LogP contribution in [0.25, 0.3) is 0 Å². The van der Waals surface area contributed by atoms with Gasteiger partial charge in [-0.1, -0.05) is 6.07 Å². The van der Waals surface area contributed by atoms with Crippen LogP contribution in [0.3, 0.4) is 0 Å². The minimum atomic E-state index is -0.671. The van der Waals surface area contributed by atoms with Crippen LogP contribution < -0.4 is 10.6 Å². The Balaban J connectivity index is 2.23. The fraction of sp³-hybridized carbons (Fsp3) is 0.500. The standard InChI is InChI=1S/C12H17BrN2O2/c1-7(14)8-2-3-10(9(13)4-8)15-5-11(16)12(17)6-15/h2-4,7,11-12,16-17H,5-6,14H2,1H3. The second-order valence-corrected chi connectivity index (χ2v) is 5.39. The molecule has 4 nitrogen and oxygen atoms in total. The van der Waals surface area contributed by atoms with E-state index in [0.717, 1.165) is 15.7 Å². The molecule has 0 amide bonds. The number of hydrogen-bond acceptors (Lipinski definition) is 4. The van der Waals surface area contributed by atoms with Crippen LogP contribution in [-0.4, -0.2) is 35.5 Å². The van der Waals surface area contributed by atoms with Gasteiger partial charge in [-0.25, -0.2) is 0 Å². The predicted octanol–water partition coefficient (Wildman–Crippen LogP) is 1.01. The first kappa shape index (κ1) is 12.8. The molecule has 0 saturated carbocycles. The Kier molecular flexibility index (Phi) is 3.73. The van der Waals surface area contributed by atoms with Crippen LogP contribution in [0.1, 0.15) is 18.5 Å². The zero-order valence-electron chi connectivity index (χ0n) is 9.68. The van der Waals surface area contributed by atoms with Gasteiger partial charge in [-0.2, -0.15) is 0 Å². The zero-order chi connectivity index (χ0) is 12.6. The van der Waals surface area contributed by atoms with Crippen LogP contribution in [0, 0.1) is 0 Å². The van der Waals surface area contributed by atoms with Crippen molar-refractivity contribution in [2.24, 2.45) is 5.73 Å². The third-order valence-electron chi connectivity index (χ3n) is 3.10. The molecule has 94 valence electrons. The van der Waals surface area contributed by atoms with E-state index in [1.54, 1.807) is 0 Å². The number of benzene rings is 1. The lowest BCUT2D eigenvalue weighted by molar-refractivity contribution is 0.0572. The first-order valence-corrected chi connectivity index (χ1v) is 6.44. The smallest absolute Gasteiger partial charge is 0.0990 e. The molecule has 17 heavy (non-hydrogen) atoms. The summed E-state index contributed by atoms with van der Waals surface area (Å²) in [6, 6.07) is 5.92. The lowest BCUT2D eigenvalue weighted by atomic mass is 10.1. The summed E-state index contributed by atoms with van der Waals surface area (Å²) in [7, 11) is 0. The first-order chi connectivity index (χ1) is 7.99. The average Bonchev–Trinajstić information content (AvgIpc) is 2.58. The minimum absolute atomic E-state index is 0.00453. The van der Waals surface area contributed by atoms with Gasteiger partial charge in [0.15, 0.2) is 0 Å². The number of aliphatic hydroxyl groups excluding tert-OH is 2. The SMILES string of the molecule is CC(N)c1ccc(N2CC(O)C(O)C2)c(Br)c1. The van der Waals surface area contributed by atoms with Gasteiger partial charge in [0.05, 0.1) is 17.9 Å². The first-order valence-electron chi connectivity index (χ1n) is 5.65. The zero-order valence-corrected chi connectivity index (χ0v) is 11.3. The summed E-state index contributed by atoms with van der Waals surface area (Å²) in [6.07, 6.45) is -1.34. The molecule has 1 aromatic rings. The summed E-state index contributed by atoms with van der Waals surface area (Å²) in [5.74, 6) is 0. The topological polar surface area (TPSA) is 69.7 Å². The fourth-order valence-corrected chi connectivity index (χ4v) is 2.68. The maximum absolute atomic E-state index is 9.54. The molecule has 0 aromatic heterocycles. The average molecular weight is 301 g/mol. The number of nitrogens with zero attached hydrogens (tertiary/aromatic N) is 1. The van der Waals surface area contributed by atoms with Crippen LogP contribution in [0.5, 0.6) is 0 Å². The van der Waals surface area contributed by atoms with Crippen LogP contribution >= 0.6 is 15.9 Å². The Morgan fingerprint density at radius 1 is 1.35 bits per heavy atom. The number of nitrogens with two attached hydrogens (primary N) is 1. The molecule has 5 heteroatoms. The highest BCUT2D eigenvalue weighted by Gasteiger charge is 2.30. The molecule has 3 unspecified atom stereocenters. The Bertz CT molecular complexity index is 401. The van der Waals surface area contributed by atoms with Gasteiger partial charge in [-0.3, -0.25) is 0 Å². The van der Waals surface area contributed by atoms with E-state index in [2.05, 4.69) is 15.9 Å². The van der Waals surface area contributed by atoms with Gasteiger partial charge in [0, 0.05) is 23.6 Å². The molecular weight excluding hydrogens is 284 g/mol. The number of halogens is 1. The van der Waals surface area contributed by atoms with E-state index < -0.39 is 12.2 Å². The van der Waals surface area contributed by atoms with Gasteiger partial charge < -0.3 is 20.8 Å². The summed E-state index contributed by atoms with van der Waals surface area (Å²) in [6.45, 7) is 2.85. The van der Waals surface area contributed by atoms with Gasteiger partial charge in [0.25, 0.3) is 0 Å². The van der Waals surface area contributed by atoms with Gasteiger partial charge in [-0.15, -0.1) is 0 Å². The summed E-state index contributed by atoms with van der Waals surface area (Å²) in [4.78, 5) is 1.96. The Labute approximate surface area is 109 Å². The molecule has 0 bridgehead atoms. The monoisotopic (exact) mass is 300 g/mol. The molecule has 0 radical (unpaired) electrons. The number of anilines is 1. The highest BCUT2D eigenvalue weighted by molar-refractivity contribution is 9.10. The molecule has 4 N–H and O–H groups in total. The number of aliphatic hydroxyl groups is 2. The molecule has 1 heterocycles. The third kappa shape index (κ3) is 2.63. The van der Waals surface area contributed by atoms with Crippen molar-refractivity contribution in [3.63, 3.8) is 0 Å². The van der Waals surface area contributed by atoms with Crippen LogP contribution in [0.4, 0.5) is 5.69 Å². The van der Waals surface area contributed by atoms with Crippen molar-refractivity contribution in [1.29, 1.82) is 0 Å². The molecule has 0 spiro atoms. The van der Waals surface area contributed by atoms with Gasteiger partial charge in [0.2, 0.25) is 0 Å². The molecule has 3 atom stereocenters. The quantitative estimate of drug-likeness (QED) is 0.762.